The maximum Gasteiger partial charge on any atom is 0.0547 e. The van der Waals surface area contributed by atoms with E-state index in [0.29, 0.717) is 0 Å². The van der Waals surface area contributed by atoms with Gasteiger partial charge in [0.05, 0.1) is 22.1 Å². The van der Waals surface area contributed by atoms with Gasteiger partial charge in [-0.25, -0.2) is 0 Å². The molecule has 2 nitrogen and oxygen atoms in total. The summed E-state index contributed by atoms with van der Waals surface area (Å²) in [5, 5.41) is 6.44. The molecular weight excluding hydrogens is 637 g/mol. The molecule has 3 heterocycles. The van der Waals surface area contributed by atoms with E-state index in [0.717, 1.165) is 12.8 Å². The van der Waals surface area contributed by atoms with E-state index >= 15 is 0 Å². The molecule has 0 saturated carbocycles. The minimum atomic E-state index is 1.14. The first kappa shape index (κ1) is 28.7. The second-order valence-electron chi connectivity index (χ2n) is 13.6. The molecule has 7 aromatic carbocycles. The Morgan fingerprint density at radius 3 is 1.84 bits per heavy atom. The molecule has 0 atom stereocenters. The highest BCUT2D eigenvalue weighted by atomic mass is 32.1. The van der Waals surface area contributed by atoms with Gasteiger partial charge >= 0.3 is 0 Å². The summed E-state index contributed by atoms with van der Waals surface area (Å²) in [6, 6.07) is 58.2. The van der Waals surface area contributed by atoms with Crippen molar-refractivity contribution in [1.82, 2.24) is 9.13 Å². The lowest BCUT2D eigenvalue weighted by Gasteiger charge is -2.11. The van der Waals surface area contributed by atoms with Crippen molar-refractivity contribution in [2.24, 2.45) is 0 Å². The third-order valence-corrected chi connectivity index (χ3v) is 12.0. The van der Waals surface area contributed by atoms with E-state index in [-0.39, 0.29) is 0 Å². The molecule has 0 bridgehead atoms. The Morgan fingerprint density at radius 1 is 0.412 bits per heavy atom. The van der Waals surface area contributed by atoms with E-state index in [4.69, 9.17) is 0 Å². The second-order valence-corrected chi connectivity index (χ2v) is 14.8. The van der Waals surface area contributed by atoms with Gasteiger partial charge in [-0.05, 0) is 101 Å². The molecule has 0 amide bonds. The smallest absolute Gasteiger partial charge is 0.0547 e. The Hall–Kier alpha value is -6.16. The fourth-order valence-electron chi connectivity index (χ4n) is 8.37. The number of hydrogen-bond donors (Lipinski definition) is 0. The molecular formula is C48H32N2S. The Bertz CT molecular complexity index is 3010. The van der Waals surface area contributed by atoms with Gasteiger partial charge in [0.15, 0.2) is 0 Å². The first-order valence-corrected chi connectivity index (χ1v) is 18.6. The van der Waals surface area contributed by atoms with Gasteiger partial charge in [0.1, 0.15) is 0 Å². The number of thiophene rings is 1. The van der Waals surface area contributed by atoms with Crippen LogP contribution in [0.25, 0.3) is 93.4 Å². The first-order valence-electron chi connectivity index (χ1n) is 17.7. The van der Waals surface area contributed by atoms with Crippen LogP contribution in [0.15, 0.2) is 164 Å². The molecule has 0 N–H and O–H groups in total. The van der Waals surface area contributed by atoms with Gasteiger partial charge in [0, 0.05) is 47.9 Å². The molecule has 0 radical (unpaired) electrons. The van der Waals surface area contributed by atoms with Crippen LogP contribution < -0.4 is 0 Å². The van der Waals surface area contributed by atoms with Crippen LogP contribution in [0.2, 0.25) is 0 Å². The molecule has 51 heavy (non-hydrogen) atoms. The molecule has 11 rings (SSSR count). The van der Waals surface area contributed by atoms with E-state index in [1.54, 1.807) is 0 Å². The maximum atomic E-state index is 2.47. The lowest BCUT2D eigenvalue weighted by molar-refractivity contribution is 1.02. The van der Waals surface area contributed by atoms with Gasteiger partial charge in [-0.15, -0.1) is 11.3 Å². The van der Waals surface area contributed by atoms with Crippen LogP contribution in [-0.2, 0) is 6.42 Å². The highest BCUT2D eigenvalue weighted by molar-refractivity contribution is 7.19. The third kappa shape index (κ3) is 4.42. The van der Waals surface area contributed by atoms with Crippen LogP contribution in [0.4, 0.5) is 0 Å². The summed E-state index contributed by atoms with van der Waals surface area (Å²) in [5.41, 5.74) is 13.6. The molecule has 3 heteroatoms. The van der Waals surface area contributed by atoms with Crippen molar-refractivity contribution in [2.45, 2.75) is 12.8 Å². The number of para-hydroxylation sites is 2. The summed E-state index contributed by atoms with van der Waals surface area (Å²) < 4.78 is 6.24. The summed E-state index contributed by atoms with van der Waals surface area (Å²) in [6.45, 7) is 0. The standard InChI is InChI=1S/C48H32N2S/c1-2-10-31(11-3-1)32-18-22-35(23-19-32)49-44-16-8-5-13-38(44)41-28-33(21-26-45(41)49)34-20-25-39-37-12-4-7-15-43(37)50(46(39)29-34)36-24-27-48-42(30-36)40-14-6-9-17-47(40)51-48/h1-8,10-16,18-30H,9,17H2. The van der Waals surface area contributed by atoms with Crippen LogP contribution in [0.5, 0.6) is 0 Å². The first-order chi connectivity index (χ1) is 25.3. The summed E-state index contributed by atoms with van der Waals surface area (Å²) in [5.74, 6) is 0. The molecule has 3 aromatic heterocycles. The van der Waals surface area contributed by atoms with Crippen molar-refractivity contribution >= 4 is 71.1 Å². The predicted octanol–water partition coefficient (Wildman–Crippen LogP) is 13.4. The number of benzene rings is 7. The topological polar surface area (TPSA) is 9.86 Å². The highest BCUT2D eigenvalue weighted by Crippen LogP contribution is 2.41. The van der Waals surface area contributed by atoms with Gasteiger partial charge in [0.2, 0.25) is 0 Å². The van der Waals surface area contributed by atoms with Crippen molar-refractivity contribution in [3.05, 3.63) is 174 Å². The van der Waals surface area contributed by atoms with Crippen molar-refractivity contribution in [1.29, 1.82) is 0 Å². The van der Waals surface area contributed by atoms with Crippen molar-refractivity contribution in [3.63, 3.8) is 0 Å². The average Bonchev–Trinajstić information content (AvgIpc) is 3.85. The number of fused-ring (bicyclic) bond motifs is 9. The molecule has 0 unspecified atom stereocenters. The Morgan fingerprint density at radius 2 is 1.02 bits per heavy atom. The summed E-state index contributed by atoms with van der Waals surface area (Å²) in [6.07, 6.45) is 6.93. The second kappa shape index (κ2) is 11.2. The molecule has 0 aliphatic heterocycles. The van der Waals surface area contributed by atoms with Crippen LogP contribution in [0, 0.1) is 0 Å². The largest absolute Gasteiger partial charge is 0.309 e. The van der Waals surface area contributed by atoms with E-state index in [1.807, 2.05) is 11.3 Å². The highest BCUT2D eigenvalue weighted by Gasteiger charge is 2.18. The lowest BCUT2D eigenvalue weighted by atomic mass is 10.0. The number of allylic oxidation sites excluding steroid dienone is 1. The zero-order valence-electron chi connectivity index (χ0n) is 27.9. The number of hydrogen-bond acceptors (Lipinski definition) is 1. The number of aryl methyl sites for hydroxylation is 1. The summed E-state index contributed by atoms with van der Waals surface area (Å²) in [7, 11) is 0. The monoisotopic (exact) mass is 668 g/mol. The minimum absolute atomic E-state index is 1.14. The minimum Gasteiger partial charge on any atom is -0.309 e. The zero-order valence-corrected chi connectivity index (χ0v) is 28.7. The molecule has 240 valence electrons. The molecule has 0 spiro atoms. The van der Waals surface area contributed by atoms with Gasteiger partial charge in [-0.3, -0.25) is 0 Å². The Labute approximate surface area is 299 Å². The van der Waals surface area contributed by atoms with Gasteiger partial charge in [-0.1, -0.05) is 109 Å². The van der Waals surface area contributed by atoms with Crippen molar-refractivity contribution in [2.75, 3.05) is 0 Å². The van der Waals surface area contributed by atoms with Crippen LogP contribution in [0.1, 0.15) is 16.9 Å². The fourth-order valence-corrected chi connectivity index (χ4v) is 9.56. The van der Waals surface area contributed by atoms with Crippen molar-refractivity contribution < 1.29 is 0 Å². The van der Waals surface area contributed by atoms with Crippen molar-refractivity contribution in [3.8, 4) is 33.6 Å². The quantitative estimate of drug-likeness (QED) is 0.177. The fraction of sp³-hybridized carbons (Fsp3) is 0.0417. The average molecular weight is 669 g/mol. The van der Waals surface area contributed by atoms with E-state index in [2.05, 4.69) is 179 Å². The van der Waals surface area contributed by atoms with Crippen LogP contribution in [-0.4, -0.2) is 9.13 Å². The van der Waals surface area contributed by atoms with E-state index in [9.17, 15) is 0 Å². The lowest BCUT2D eigenvalue weighted by Crippen LogP contribution is -1.94. The molecule has 0 fully saturated rings. The molecule has 1 aliphatic rings. The van der Waals surface area contributed by atoms with Gasteiger partial charge in [0.25, 0.3) is 0 Å². The van der Waals surface area contributed by atoms with Gasteiger partial charge < -0.3 is 9.13 Å². The van der Waals surface area contributed by atoms with E-state index < -0.39 is 0 Å². The normalized spacial score (nSPS) is 12.9. The van der Waals surface area contributed by atoms with Crippen LogP contribution >= 0.6 is 11.3 Å². The zero-order chi connectivity index (χ0) is 33.5. The summed E-state index contributed by atoms with van der Waals surface area (Å²) in [4.78, 5) is 1.51. The van der Waals surface area contributed by atoms with Gasteiger partial charge in [-0.2, -0.15) is 0 Å². The Balaban J connectivity index is 1.07. The molecule has 0 saturated heterocycles. The number of rotatable bonds is 4. The number of aromatic nitrogens is 2. The number of nitrogens with zero attached hydrogens (tertiary/aromatic N) is 2. The third-order valence-electron chi connectivity index (χ3n) is 10.8. The SMILES string of the molecule is C1=Cc2c(sc3ccc(-n4c5ccccc5c5ccc(-c6ccc7c(c6)c6ccccc6n7-c6ccc(-c7ccccc7)cc6)cc54)cc23)CC1. The maximum absolute atomic E-state index is 2.47. The summed E-state index contributed by atoms with van der Waals surface area (Å²) >= 11 is 1.95. The Kier molecular flexibility index (Phi) is 6.28. The van der Waals surface area contributed by atoms with Crippen LogP contribution in [0.3, 0.4) is 0 Å². The molecule has 1 aliphatic carbocycles. The predicted molar refractivity (Wildman–Crippen MR) is 219 cm³/mol. The molecule has 10 aromatic rings. The van der Waals surface area contributed by atoms with E-state index in [1.165, 1.54) is 97.8 Å².